The Kier molecular flexibility index (Phi) is 5.57. The van der Waals surface area contributed by atoms with Crippen molar-refractivity contribution in [2.24, 2.45) is 0 Å². The summed E-state index contributed by atoms with van der Waals surface area (Å²) in [5, 5.41) is 4.08. The van der Waals surface area contributed by atoms with Gasteiger partial charge in [-0.2, -0.15) is 0 Å². The molecule has 0 aromatic heterocycles. The van der Waals surface area contributed by atoms with E-state index >= 15 is 0 Å². The summed E-state index contributed by atoms with van der Waals surface area (Å²) in [4.78, 5) is 0. The van der Waals surface area contributed by atoms with Gasteiger partial charge in [-0.1, -0.05) is 29.7 Å². The van der Waals surface area contributed by atoms with Crippen LogP contribution in [0.4, 0.5) is 5.69 Å². The molecule has 0 atom stereocenters. The molecule has 22 heavy (non-hydrogen) atoms. The number of methoxy groups -OCH3 is 1. The molecule has 0 aliphatic carbocycles. The van der Waals surface area contributed by atoms with Crippen LogP contribution in [-0.4, -0.2) is 13.7 Å². The second kappa shape index (κ2) is 7.63. The Labute approximate surface area is 136 Å². The largest absolute Gasteiger partial charge is 0.493 e. The fraction of sp³-hybridized carbons (Fsp3) is 0.222. The molecule has 0 amide bonds. The van der Waals surface area contributed by atoms with E-state index in [1.54, 1.807) is 7.11 Å². The second-order valence-electron chi connectivity index (χ2n) is 4.79. The highest BCUT2D eigenvalue weighted by Crippen LogP contribution is 2.28. The first kappa shape index (κ1) is 16.1. The van der Waals surface area contributed by atoms with Crippen molar-refractivity contribution in [2.75, 3.05) is 19.0 Å². The van der Waals surface area contributed by atoms with Gasteiger partial charge in [0.1, 0.15) is 6.61 Å². The third-order valence-corrected chi connectivity index (χ3v) is 3.46. The first-order valence-corrected chi connectivity index (χ1v) is 7.25. The molecule has 0 saturated carbocycles. The van der Waals surface area contributed by atoms with E-state index in [1.807, 2.05) is 43.3 Å². The van der Waals surface area contributed by atoms with Gasteiger partial charge in [0.05, 0.1) is 7.11 Å². The summed E-state index contributed by atoms with van der Waals surface area (Å²) >= 11 is 6.02. The maximum atomic E-state index is 6.02. The van der Waals surface area contributed by atoms with Crippen molar-refractivity contribution in [1.29, 1.82) is 0 Å². The van der Waals surface area contributed by atoms with Crippen LogP contribution in [0.2, 0.25) is 5.02 Å². The lowest BCUT2D eigenvalue weighted by atomic mass is 10.1. The fourth-order valence-corrected chi connectivity index (χ4v) is 2.21. The molecule has 0 spiro atoms. The lowest BCUT2D eigenvalue weighted by Crippen LogP contribution is -2.02. The topological polar surface area (TPSA) is 30.5 Å². The molecule has 2 aromatic carbocycles. The standard InChI is InChI=1S/C18H18ClNO2/c1-4-9-22-17-8-6-14(10-18(17)21-3)12-20-16-11-15(19)7-5-13(16)2/h1,5-8,10-11,20H,9,12H2,2-3H3. The van der Waals surface area contributed by atoms with Crippen LogP contribution in [-0.2, 0) is 6.54 Å². The minimum atomic E-state index is 0.218. The first-order chi connectivity index (χ1) is 10.6. The predicted molar refractivity (Wildman–Crippen MR) is 90.8 cm³/mol. The van der Waals surface area contributed by atoms with Crippen LogP contribution in [0.25, 0.3) is 0 Å². The van der Waals surface area contributed by atoms with Crippen molar-refractivity contribution in [3.8, 4) is 23.8 Å². The highest BCUT2D eigenvalue weighted by Gasteiger charge is 2.06. The zero-order valence-electron chi connectivity index (χ0n) is 12.7. The third kappa shape index (κ3) is 4.09. The van der Waals surface area contributed by atoms with E-state index in [0.717, 1.165) is 16.8 Å². The van der Waals surface area contributed by atoms with Gasteiger partial charge in [-0.15, -0.1) is 6.42 Å². The van der Waals surface area contributed by atoms with Gasteiger partial charge in [-0.05, 0) is 42.3 Å². The number of aryl methyl sites for hydroxylation is 1. The molecule has 0 radical (unpaired) electrons. The Morgan fingerprint density at radius 1 is 1.18 bits per heavy atom. The van der Waals surface area contributed by atoms with Crippen LogP contribution in [0.15, 0.2) is 36.4 Å². The quantitative estimate of drug-likeness (QED) is 0.807. The Morgan fingerprint density at radius 2 is 2.00 bits per heavy atom. The van der Waals surface area contributed by atoms with Crippen LogP contribution in [0.3, 0.4) is 0 Å². The van der Waals surface area contributed by atoms with Crippen LogP contribution in [0.5, 0.6) is 11.5 Å². The summed E-state index contributed by atoms with van der Waals surface area (Å²) < 4.78 is 10.8. The Balaban J connectivity index is 2.10. The van der Waals surface area contributed by atoms with Crippen molar-refractivity contribution >= 4 is 17.3 Å². The summed E-state index contributed by atoms with van der Waals surface area (Å²) in [7, 11) is 1.61. The molecule has 2 aromatic rings. The van der Waals surface area contributed by atoms with E-state index in [2.05, 4.69) is 11.2 Å². The molecule has 1 N–H and O–H groups in total. The number of ether oxygens (including phenoxy) is 2. The molecule has 0 aliphatic heterocycles. The number of hydrogen-bond donors (Lipinski definition) is 1. The summed E-state index contributed by atoms with van der Waals surface area (Å²) in [6.45, 7) is 2.92. The minimum Gasteiger partial charge on any atom is -0.493 e. The van der Waals surface area contributed by atoms with Gasteiger partial charge in [0.25, 0.3) is 0 Å². The van der Waals surface area contributed by atoms with Gasteiger partial charge in [0, 0.05) is 17.3 Å². The summed E-state index contributed by atoms with van der Waals surface area (Å²) in [6.07, 6.45) is 5.20. The zero-order chi connectivity index (χ0) is 15.9. The monoisotopic (exact) mass is 315 g/mol. The van der Waals surface area contributed by atoms with Gasteiger partial charge in [0.15, 0.2) is 11.5 Å². The molecule has 114 valence electrons. The molecule has 0 aliphatic rings. The smallest absolute Gasteiger partial charge is 0.162 e. The van der Waals surface area contributed by atoms with E-state index in [0.29, 0.717) is 23.1 Å². The number of hydrogen-bond acceptors (Lipinski definition) is 3. The van der Waals surface area contributed by atoms with E-state index in [1.165, 1.54) is 0 Å². The average Bonchev–Trinajstić information content (AvgIpc) is 2.54. The van der Waals surface area contributed by atoms with Crippen LogP contribution < -0.4 is 14.8 Å². The highest BCUT2D eigenvalue weighted by atomic mass is 35.5. The van der Waals surface area contributed by atoms with E-state index in [-0.39, 0.29) is 6.61 Å². The number of terminal acetylenes is 1. The Bertz CT molecular complexity index is 692. The van der Waals surface area contributed by atoms with Gasteiger partial charge in [-0.3, -0.25) is 0 Å². The number of anilines is 1. The van der Waals surface area contributed by atoms with Crippen molar-refractivity contribution < 1.29 is 9.47 Å². The molecular formula is C18H18ClNO2. The summed E-state index contributed by atoms with van der Waals surface area (Å²) in [5.41, 5.74) is 3.23. The lowest BCUT2D eigenvalue weighted by molar-refractivity contribution is 0.330. The van der Waals surface area contributed by atoms with Crippen molar-refractivity contribution in [3.63, 3.8) is 0 Å². The summed E-state index contributed by atoms with van der Waals surface area (Å²) in [6, 6.07) is 11.5. The maximum absolute atomic E-state index is 6.02. The number of rotatable bonds is 6. The van der Waals surface area contributed by atoms with Crippen LogP contribution >= 0.6 is 11.6 Å². The minimum absolute atomic E-state index is 0.218. The third-order valence-electron chi connectivity index (χ3n) is 3.22. The van der Waals surface area contributed by atoms with E-state index in [4.69, 9.17) is 27.5 Å². The van der Waals surface area contributed by atoms with Crippen molar-refractivity contribution in [3.05, 3.63) is 52.5 Å². The number of halogens is 1. The maximum Gasteiger partial charge on any atom is 0.162 e. The van der Waals surface area contributed by atoms with Crippen LogP contribution in [0, 0.1) is 19.3 Å². The van der Waals surface area contributed by atoms with Gasteiger partial charge < -0.3 is 14.8 Å². The van der Waals surface area contributed by atoms with Gasteiger partial charge in [-0.25, -0.2) is 0 Å². The number of nitrogens with one attached hydrogen (secondary N) is 1. The van der Waals surface area contributed by atoms with Gasteiger partial charge in [0.2, 0.25) is 0 Å². The van der Waals surface area contributed by atoms with Crippen molar-refractivity contribution in [1.82, 2.24) is 0 Å². The average molecular weight is 316 g/mol. The molecule has 4 heteroatoms. The van der Waals surface area contributed by atoms with Crippen molar-refractivity contribution in [2.45, 2.75) is 13.5 Å². The second-order valence-corrected chi connectivity index (χ2v) is 5.23. The molecule has 0 saturated heterocycles. The van der Waals surface area contributed by atoms with E-state index in [9.17, 15) is 0 Å². The number of benzene rings is 2. The molecular weight excluding hydrogens is 298 g/mol. The lowest BCUT2D eigenvalue weighted by Gasteiger charge is -2.13. The van der Waals surface area contributed by atoms with Gasteiger partial charge >= 0.3 is 0 Å². The molecule has 0 bridgehead atoms. The molecule has 3 nitrogen and oxygen atoms in total. The van der Waals surface area contributed by atoms with Crippen LogP contribution in [0.1, 0.15) is 11.1 Å². The summed E-state index contributed by atoms with van der Waals surface area (Å²) in [5.74, 6) is 3.74. The Hall–Kier alpha value is -2.31. The molecule has 0 unspecified atom stereocenters. The van der Waals surface area contributed by atoms with E-state index < -0.39 is 0 Å². The highest BCUT2D eigenvalue weighted by molar-refractivity contribution is 6.30. The fourth-order valence-electron chi connectivity index (χ4n) is 2.04. The molecule has 0 heterocycles. The molecule has 0 fully saturated rings. The normalized spacial score (nSPS) is 9.91. The molecule has 2 rings (SSSR count). The Morgan fingerprint density at radius 3 is 2.73 bits per heavy atom. The zero-order valence-corrected chi connectivity index (χ0v) is 13.4. The SMILES string of the molecule is C#CCOc1ccc(CNc2cc(Cl)ccc2C)cc1OC. The first-order valence-electron chi connectivity index (χ1n) is 6.87. The predicted octanol–water partition coefficient (Wildman–Crippen LogP) is 4.28.